The molecule has 236 valence electrons. The summed E-state index contributed by atoms with van der Waals surface area (Å²) < 4.78 is 28.7. The summed E-state index contributed by atoms with van der Waals surface area (Å²) in [6.45, 7) is 7.85. The smallest absolute Gasteiger partial charge is 0.331 e. The molecule has 0 spiro atoms. The fraction of sp³-hybridized carbons (Fsp3) is 0.875. The van der Waals surface area contributed by atoms with E-state index in [1.807, 2.05) is 0 Å². The zero-order valence-electron chi connectivity index (χ0n) is 25.5. The fourth-order valence-corrected chi connectivity index (χ4v) is 10.4. The van der Waals surface area contributed by atoms with Crippen molar-refractivity contribution in [3.05, 3.63) is 11.6 Å². The molecule has 4 saturated carbocycles. The van der Waals surface area contributed by atoms with Gasteiger partial charge in [0.1, 0.15) is 31.0 Å². The van der Waals surface area contributed by atoms with Gasteiger partial charge in [0, 0.05) is 37.9 Å². The van der Waals surface area contributed by atoms with Gasteiger partial charge in [-0.15, -0.1) is 0 Å². The molecule has 6 rings (SSSR count). The zero-order chi connectivity index (χ0) is 30.2. The van der Waals surface area contributed by atoms with Crippen LogP contribution in [-0.4, -0.2) is 89.5 Å². The number of ether oxygens (including phenoxy) is 5. The Balaban J connectivity index is 1.20. The Hall–Kier alpha value is -1.56. The number of carbonyl (C=O) groups is 2. The van der Waals surface area contributed by atoms with E-state index in [4.69, 9.17) is 23.7 Å². The van der Waals surface area contributed by atoms with Gasteiger partial charge < -0.3 is 39.0 Å². The maximum Gasteiger partial charge on any atom is 0.331 e. The molecule has 3 N–H and O–H groups in total. The monoisotopic (exact) mass is 592 g/mol. The first-order valence-electron chi connectivity index (χ1n) is 15.8. The molecular weight excluding hydrogens is 544 g/mol. The Morgan fingerprint density at radius 2 is 1.83 bits per heavy atom. The summed E-state index contributed by atoms with van der Waals surface area (Å²) in [5, 5.41) is 33.8. The predicted molar refractivity (Wildman–Crippen MR) is 149 cm³/mol. The number of aliphatic hydroxyl groups is 3. The second-order valence-corrected chi connectivity index (χ2v) is 14.5. The molecule has 10 heteroatoms. The number of esters is 2. The van der Waals surface area contributed by atoms with E-state index in [9.17, 15) is 24.9 Å². The van der Waals surface area contributed by atoms with Crippen molar-refractivity contribution in [1.82, 2.24) is 0 Å². The van der Waals surface area contributed by atoms with Crippen molar-refractivity contribution in [3.63, 3.8) is 0 Å². The lowest BCUT2D eigenvalue weighted by Crippen LogP contribution is -2.62. The van der Waals surface area contributed by atoms with Crippen molar-refractivity contribution in [2.45, 2.75) is 128 Å². The summed E-state index contributed by atoms with van der Waals surface area (Å²) >= 11 is 0. The summed E-state index contributed by atoms with van der Waals surface area (Å²) in [6.07, 6.45) is 3.36. The van der Waals surface area contributed by atoms with E-state index in [2.05, 4.69) is 13.8 Å². The lowest BCUT2D eigenvalue weighted by Gasteiger charge is -2.63. The van der Waals surface area contributed by atoms with Gasteiger partial charge in [0.15, 0.2) is 6.29 Å². The van der Waals surface area contributed by atoms with E-state index in [0.717, 1.165) is 50.5 Å². The average Bonchev–Trinajstić information content (AvgIpc) is 3.44. The first-order chi connectivity index (χ1) is 19.8. The molecule has 2 heterocycles. The third kappa shape index (κ3) is 4.58. The van der Waals surface area contributed by atoms with Gasteiger partial charge >= 0.3 is 11.9 Å². The molecule has 2 aliphatic heterocycles. The lowest BCUT2D eigenvalue weighted by molar-refractivity contribution is -0.313. The molecular formula is C32H48O10. The maximum absolute atomic E-state index is 12.7. The number of carbonyl (C=O) groups excluding carboxylic acids is 2. The molecule has 0 amide bonds. The molecule has 0 aromatic heterocycles. The summed E-state index contributed by atoms with van der Waals surface area (Å²) in [7, 11) is 1.47. The molecule has 0 bridgehead atoms. The third-order valence-electron chi connectivity index (χ3n) is 12.6. The van der Waals surface area contributed by atoms with Crippen LogP contribution < -0.4 is 0 Å². The van der Waals surface area contributed by atoms with Gasteiger partial charge in [0.25, 0.3) is 0 Å². The predicted octanol–water partition coefficient (Wildman–Crippen LogP) is 2.65. The number of aliphatic hydroxyl groups excluding tert-OH is 2. The highest BCUT2D eigenvalue weighted by atomic mass is 16.7. The molecule has 0 unspecified atom stereocenters. The molecule has 5 fully saturated rings. The van der Waals surface area contributed by atoms with Crippen molar-refractivity contribution in [1.29, 1.82) is 0 Å². The molecule has 0 aromatic carbocycles. The number of hydrogen-bond donors (Lipinski definition) is 3. The molecule has 1 saturated heterocycles. The van der Waals surface area contributed by atoms with Crippen molar-refractivity contribution < 1.29 is 48.6 Å². The van der Waals surface area contributed by atoms with E-state index in [-0.39, 0.29) is 41.9 Å². The Kier molecular flexibility index (Phi) is 7.84. The second-order valence-electron chi connectivity index (χ2n) is 14.5. The van der Waals surface area contributed by atoms with Crippen LogP contribution in [0.4, 0.5) is 0 Å². The van der Waals surface area contributed by atoms with E-state index in [1.54, 1.807) is 6.92 Å². The van der Waals surface area contributed by atoms with Crippen molar-refractivity contribution >= 4 is 11.9 Å². The van der Waals surface area contributed by atoms with E-state index < -0.39 is 47.8 Å². The van der Waals surface area contributed by atoms with Gasteiger partial charge in [0.2, 0.25) is 0 Å². The Labute approximate surface area is 248 Å². The minimum atomic E-state index is -1.08. The molecule has 4 aliphatic carbocycles. The third-order valence-corrected chi connectivity index (χ3v) is 12.6. The highest BCUT2D eigenvalue weighted by molar-refractivity contribution is 5.85. The van der Waals surface area contributed by atoms with Gasteiger partial charge in [-0.2, -0.15) is 0 Å². The topological polar surface area (TPSA) is 141 Å². The molecule has 0 radical (unpaired) electrons. The van der Waals surface area contributed by atoms with Crippen LogP contribution in [0.15, 0.2) is 11.6 Å². The zero-order valence-corrected chi connectivity index (χ0v) is 25.5. The SMILES string of the molecule is CO[C@H]1[C@@H](O)[C@H](C)O[C@@H](O[C@H]2CC[C@@]3(C)[C@H](CC[C@H]4[C@@H]3CC[C@]3(C)[C@@H](C5=CC(=O)OC5)[C@H](OC(C)=O)C[C@]43O)C2)[C@@H]1O. The summed E-state index contributed by atoms with van der Waals surface area (Å²) in [5.74, 6) is -0.234. The van der Waals surface area contributed by atoms with Gasteiger partial charge in [0.05, 0.1) is 17.8 Å². The normalized spacial score (nSPS) is 52.0. The van der Waals surface area contributed by atoms with Gasteiger partial charge in [-0.1, -0.05) is 13.8 Å². The summed E-state index contributed by atoms with van der Waals surface area (Å²) in [4.78, 5) is 24.2. The quantitative estimate of drug-likeness (QED) is 0.322. The number of rotatable bonds is 5. The largest absolute Gasteiger partial charge is 0.462 e. The lowest BCUT2D eigenvalue weighted by atomic mass is 9.43. The van der Waals surface area contributed by atoms with Crippen LogP contribution in [0.5, 0.6) is 0 Å². The second kappa shape index (κ2) is 10.8. The van der Waals surface area contributed by atoms with Crippen molar-refractivity contribution in [2.24, 2.45) is 34.5 Å². The Morgan fingerprint density at radius 1 is 1.07 bits per heavy atom. The molecule has 6 aliphatic rings. The molecule has 14 atom stereocenters. The Bertz CT molecular complexity index is 1110. The van der Waals surface area contributed by atoms with Gasteiger partial charge in [-0.3, -0.25) is 4.79 Å². The highest BCUT2D eigenvalue weighted by Gasteiger charge is 2.71. The molecule has 42 heavy (non-hydrogen) atoms. The average molecular weight is 593 g/mol. The summed E-state index contributed by atoms with van der Waals surface area (Å²) in [6, 6.07) is 0. The van der Waals surface area contributed by atoms with Crippen LogP contribution in [0.1, 0.15) is 79.1 Å². The minimum absolute atomic E-state index is 0.0190. The summed E-state index contributed by atoms with van der Waals surface area (Å²) in [5.41, 5.74) is -0.720. The standard InChI is InChI=1S/C32H48O10/c1-16-26(35)28(38-5)27(36)29(40-16)42-20-8-10-30(3)19(13-20)6-7-22-21(30)9-11-31(4)25(18-12-24(34)39-15-18)23(41-17(2)33)14-32(22,31)37/h12,16,19-23,25-29,35-37H,6-11,13-15H2,1-5H3/t16-,19+,20-,21-,22-,23+,25-,26-,27+,28-,29-,30-,31+,32-/m0/s1. The van der Waals surface area contributed by atoms with Crippen LogP contribution in [-0.2, 0) is 33.3 Å². The highest BCUT2D eigenvalue weighted by Crippen LogP contribution is 2.70. The van der Waals surface area contributed by atoms with Crippen LogP contribution in [0.25, 0.3) is 0 Å². The van der Waals surface area contributed by atoms with E-state index in [0.29, 0.717) is 18.3 Å². The van der Waals surface area contributed by atoms with Gasteiger partial charge in [-0.25, -0.2) is 4.79 Å². The maximum atomic E-state index is 12.7. The Morgan fingerprint density at radius 3 is 2.50 bits per heavy atom. The number of fused-ring (bicyclic) bond motifs is 5. The van der Waals surface area contributed by atoms with Crippen molar-refractivity contribution in [3.8, 4) is 0 Å². The van der Waals surface area contributed by atoms with E-state index in [1.165, 1.54) is 20.1 Å². The molecule has 10 nitrogen and oxygen atoms in total. The minimum Gasteiger partial charge on any atom is -0.462 e. The molecule has 0 aromatic rings. The first-order valence-corrected chi connectivity index (χ1v) is 15.8. The first kappa shape index (κ1) is 30.5. The number of cyclic esters (lactones) is 1. The van der Waals surface area contributed by atoms with Crippen molar-refractivity contribution in [2.75, 3.05) is 13.7 Å². The fourth-order valence-electron chi connectivity index (χ4n) is 10.4. The van der Waals surface area contributed by atoms with E-state index >= 15 is 0 Å². The van der Waals surface area contributed by atoms with Gasteiger partial charge in [-0.05, 0) is 80.6 Å². The van der Waals surface area contributed by atoms with Crippen LogP contribution in [0.2, 0.25) is 0 Å². The van der Waals surface area contributed by atoms with Crippen LogP contribution >= 0.6 is 0 Å². The number of hydrogen-bond acceptors (Lipinski definition) is 10. The number of methoxy groups -OCH3 is 1. The van der Waals surface area contributed by atoms with Crippen LogP contribution in [0, 0.1) is 34.5 Å². The van der Waals surface area contributed by atoms with Crippen LogP contribution in [0.3, 0.4) is 0 Å².